The summed E-state index contributed by atoms with van der Waals surface area (Å²) in [6, 6.07) is 7.93. The van der Waals surface area contributed by atoms with Crippen molar-refractivity contribution in [1.29, 1.82) is 0 Å². The van der Waals surface area contributed by atoms with Crippen molar-refractivity contribution in [2.75, 3.05) is 0 Å². The molecule has 0 aliphatic rings. The van der Waals surface area contributed by atoms with Gasteiger partial charge in [-0.3, -0.25) is 4.79 Å². The van der Waals surface area contributed by atoms with Gasteiger partial charge in [0.25, 0.3) is 0 Å². The van der Waals surface area contributed by atoms with Gasteiger partial charge in [-0.1, -0.05) is 24.3 Å². The highest BCUT2D eigenvalue weighted by atomic mass is 16.6. The second-order valence-corrected chi connectivity index (χ2v) is 3.92. The van der Waals surface area contributed by atoms with Crippen molar-refractivity contribution in [1.82, 2.24) is 0 Å². The molecule has 0 aliphatic heterocycles. The first-order valence-electron chi connectivity index (χ1n) is 4.69. The molecular weight excluding hydrogens is 176 g/mol. The van der Waals surface area contributed by atoms with Crippen LogP contribution in [0.25, 0.3) is 0 Å². The van der Waals surface area contributed by atoms with E-state index in [0.29, 0.717) is 0 Å². The minimum absolute atomic E-state index is 0.252. The Balaban J connectivity index is 3.03. The largest absolute Gasteiger partial charge is 0.455 e. The van der Waals surface area contributed by atoms with Gasteiger partial charge < -0.3 is 4.74 Å². The molecule has 2 nitrogen and oxygen atoms in total. The third-order valence-electron chi connectivity index (χ3n) is 2.19. The van der Waals surface area contributed by atoms with Crippen LogP contribution in [-0.4, -0.2) is 5.97 Å². The van der Waals surface area contributed by atoms with E-state index in [1.807, 2.05) is 45.0 Å². The summed E-state index contributed by atoms with van der Waals surface area (Å²) in [5.74, 6) is -0.252. The average molecular weight is 192 g/mol. The van der Waals surface area contributed by atoms with Gasteiger partial charge in [0, 0.05) is 6.92 Å². The van der Waals surface area contributed by atoms with Crippen molar-refractivity contribution in [3.05, 3.63) is 35.4 Å². The van der Waals surface area contributed by atoms with E-state index in [9.17, 15) is 4.79 Å². The average Bonchev–Trinajstić information content (AvgIpc) is 2.02. The third kappa shape index (κ3) is 2.34. The zero-order chi connectivity index (χ0) is 10.8. The van der Waals surface area contributed by atoms with Crippen molar-refractivity contribution >= 4 is 5.97 Å². The van der Waals surface area contributed by atoms with Gasteiger partial charge in [-0.15, -0.1) is 0 Å². The predicted octanol–water partition coefficient (Wildman–Crippen LogP) is 2.79. The Hall–Kier alpha value is -1.31. The van der Waals surface area contributed by atoms with Crippen LogP contribution < -0.4 is 0 Å². The summed E-state index contributed by atoms with van der Waals surface area (Å²) in [6.07, 6.45) is 0. The summed E-state index contributed by atoms with van der Waals surface area (Å²) < 4.78 is 5.27. The molecule has 0 fully saturated rings. The second kappa shape index (κ2) is 3.82. The molecule has 1 aromatic carbocycles. The molecule has 1 rings (SSSR count). The standard InChI is InChI=1S/C12H16O2/c1-9-7-5-6-8-11(9)12(3,4)14-10(2)13/h5-8H,1-4H3. The summed E-state index contributed by atoms with van der Waals surface area (Å²) in [7, 11) is 0. The fourth-order valence-electron chi connectivity index (χ4n) is 1.66. The number of rotatable bonds is 2. The SMILES string of the molecule is CC(=O)OC(C)(C)c1ccccc1C. The second-order valence-electron chi connectivity index (χ2n) is 3.92. The van der Waals surface area contributed by atoms with Crippen LogP contribution in [0, 0.1) is 6.92 Å². The quantitative estimate of drug-likeness (QED) is 0.673. The number of ether oxygens (including phenoxy) is 1. The molecule has 0 atom stereocenters. The predicted molar refractivity (Wildman–Crippen MR) is 56.0 cm³/mol. The first kappa shape index (κ1) is 10.8. The normalized spacial score (nSPS) is 11.1. The molecule has 0 aromatic heterocycles. The maximum Gasteiger partial charge on any atom is 0.303 e. The molecule has 2 heteroatoms. The van der Waals surface area contributed by atoms with E-state index in [1.165, 1.54) is 6.92 Å². The van der Waals surface area contributed by atoms with Gasteiger partial charge in [-0.05, 0) is 31.9 Å². The highest BCUT2D eigenvalue weighted by Gasteiger charge is 2.24. The Morgan fingerprint density at radius 2 is 1.86 bits per heavy atom. The molecule has 14 heavy (non-hydrogen) atoms. The van der Waals surface area contributed by atoms with Crippen molar-refractivity contribution in [3.63, 3.8) is 0 Å². The summed E-state index contributed by atoms with van der Waals surface area (Å²) in [5, 5.41) is 0. The van der Waals surface area contributed by atoms with Gasteiger partial charge in [0.15, 0.2) is 0 Å². The molecular formula is C12H16O2. The molecule has 0 saturated heterocycles. The number of carbonyl (C=O) groups excluding carboxylic acids is 1. The number of hydrogen-bond donors (Lipinski definition) is 0. The molecule has 0 radical (unpaired) electrons. The van der Waals surface area contributed by atoms with E-state index in [4.69, 9.17) is 4.74 Å². The summed E-state index contributed by atoms with van der Waals surface area (Å²) in [4.78, 5) is 10.9. The van der Waals surface area contributed by atoms with Gasteiger partial charge >= 0.3 is 5.97 Å². The Morgan fingerprint density at radius 3 is 2.36 bits per heavy atom. The van der Waals surface area contributed by atoms with Gasteiger partial charge in [0.1, 0.15) is 5.60 Å². The van der Waals surface area contributed by atoms with Gasteiger partial charge in [0.2, 0.25) is 0 Å². The highest BCUT2D eigenvalue weighted by Crippen LogP contribution is 2.27. The van der Waals surface area contributed by atoms with Crippen LogP contribution in [0.5, 0.6) is 0 Å². The van der Waals surface area contributed by atoms with Crippen LogP contribution >= 0.6 is 0 Å². The molecule has 0 spiro atoms. The molecule has 1 aromatic rings. The number of carbonyl (C=O) groups is 1. The summed E-state index contributed by atoms with van der Waals surface area (Å²) >= 11 is 0. The van der Waals surface area contributed by atoms with E-state index in [0.717, 1.165) is 11.1 Å². The Kier molecular flexibility index (Phi) is 2.94. The number of hydrogen-bond acceptors (Lipinski definition) is 2. The highest BCUT2D eigenvalue weighted by molar-refractivity contribution is 5.66. The molecule has 0 N–H and O–H groups in total. The third-order valence-corrected chi connectivity index (χ3v) is 2.19. The van der Waals surface area contributed by atoms with E-state index < -0.39 is 5.60 Å². The molecule has 0 unspecified atom stereocenters. The van der Waals surface area contributed by atoms with E-state index >= 15 is 0 Å². The van der Waals surface area contributed by atoms with E-state index in [-0.39, 0.29) is 5.97 Å². The van der Waals surface area contributed by atoms with Crippen LogP contribution in [0.3, 0.4) is 0 Å². The number of aryl methyl sites for hydroxylation is 1. The zero-order valence-electron chi connectivity index (χ0n) is 9.13. The maximum absolute atomic E-state index is 10.9. The lowest BCUT2D eigenvalue weighted by Gasteiger charge is -2.26. The molecule has 0 amide bonds. The monoisotopic (exact) mass is 192 g/mol. The minimum Gasteiger partial charge on any atom is -0.455 e. The van der Waals surface area contributed by atoms with Crippen LogP contribution in [0.2, 0.25) is 0 Å². The Morgan fingerprint density at radius 1 is 1.29 bits per heavy atom. The number of benzene rings is 1. The van der Waals surface area contributed by atoms with Crippen LogP contribution in [0.4, 0.5) is 0 Å². The summed E-state index contributed by atoms with van der Waals surface area (Å²) in [5.41, 5.74) is 1.64. The van der Waals surface area contributed by atoms with Crippen molar-refractivity contribution in [2.45, 2.75) is 33.3 Å². The van der Waals surface area contributed by atoms with E-state index in [1.54, 1.807) is 0 Å². The van der Waals surface area contributed by atoms with Gasteiger partial charge in [0.05, 0.1) is 0 Å². The molecule has 0 bridgehead atoms. The van der Waals surface area contributed by atoms with Gasteiger partial charge in [-0.25, -0.2) is 0 Å². The molecule has 76 valence electrons. The van der Waals surface area contributed by atoms with Crippen LogP contribution in [0.15, 0.2) is 24.3 Å². The van der Waals surface area contributed by atoms with Crippen molar-refractivity contribution in [3.8, 4) is 0 Å². The fraction of sp³-hybridized carbons (Fsp3) is 0.417. The van der Waals surface area contributed by atoms with Gasteiger partial charge in [-0.2, -0.15) is 0 Å². The van der Waals surface area contributed by atoms with Crippen molar-refractivity contribution in [2.24, 2.45) is 0 Å². The lowest BCUT2D eigenvalue weighted by Crippen LogP contribution is -2.25. The first-order valence-corrected chi connectivity index (χ1v) is 4.69. The Bertz CT molecular complexity index is 340. The summed E-state index contributed by atoms with van der Waals surface area (Å²) in [6.45, 7) is 7.24. The first-order chi connectivity index (χ1) is 6.43. The Labute approximate surface area is 84.9 Å². The zero-order valence-corrected chi connectivity index (χ0v) is 9.13. The molecule has 0 saturated carbocycles. The van der Waals surface area contributed by atoms with Crippen LogP contribution in [-0.2, 0) is 15.1 Å². The topological polar surface area (TPSA) is 26.3 Å². The molecule has 0 aliphatic carbocycles. The fourth-order valence-corrected chi connectivity index (χ4v) is 1.66. The van der Waals surface area contributed by atoms with E-state index in [2.05, 4.69) is 0 Å². The van der Waals surface area contributed by atoms with Crippen molar-refractivity contribution < 1.29 is 9.53 Å². The molecule has 0 heterocycles. The lowest BCUT2D eigenvalue weighted by molar-refractivity contribution is -0.154. The number of esters is 1. The minimum atomic E-state index is -0.544. The van der Waals surface area contributed by atoms with Crippen LogP contribution in [0.1, 0.15) is 31.9 Å². The maximum atomic E-state index is 10.9. The smallest absolute Gasteiger partial charge is 0.303 e. The lowest BCUT2D eigenvalue weighted by atomic mass is 9.94.